The first-order valence-electron chi connectivity index (χ1n) is 9.73. The second-order valence-corrected chi connectivity index (χ2v) is 7.77. The largest absolute Gasteiger partial charge is 0.373 e. The number of ether oxygens (including phenoxy) is 1. The lowest BCUT2D eigenvalue weighted by Crippen LogP contribution is -2.57. The van der Waals surface area contributed by atoms with Crippen LogP contribution in [0.1, 0.15) is 46.4 Å². The lowest BCUT2D eigenvalue weighted by molar-refractivity contribution is -0.144. The molecule has 2 aromatic rings. The van der Waals surface area contributed by atoms with Crippen LogP contribution in [0.3, 0.4) is 0 Å². The Morgan fingerprint density at radius 2 is 1.85 bits per heavy atom. The maximum atomic E-state index is 11.4. The van der Waals surface area contributed by atoms with Crippen LogP contribution in [-0.2, 0) is 16.8 Å². The van der Waals surface area contributed by atoms with Gasteiger partial charge in [-0.3, -0.25) is 9.78 Å². The van der Waals surface area contributed by atoms with Gasteiger partial charge >= 0.3 is 0 Å². The topological polar surface area (TPSA) is 77.2 Å². The molecule has 5 nitrogen and oxygen atoms in total. The molecule has 1 aliphatic heterocycles. The molecule has 5 heteroatoms. The molecule has 3 N–H and O–H groups in total. The van der Waals surface area contributed by atoms with E-state index in [9.17, 15) is 4.79 Å². The summed E-state index contributed by atoms with van der Waals surface area (Å²) in [6, 6.07) is 12.4. The van der Waals surface area contributed by atoms with Gasteiger partial charge in [-0.15, -0.1) is 0 Å². The molecule has 3 aliphatic carbocycles. The standard InChI is InChI=1S/C15H21N3O2.C7H6/c1-20-15(10-5-6-18-13(7-10)14(16)19)11-3-2-4-12(15)9-17-8-11;1-2-6-4-7(3-1)5-6/h5-7,11-12,17H,2-4,8-9H2,1H3,(H2,16,19);1-4H,5H2/t11-,12+,15?;. The number of aromatic nitrogens is 1. The second kappa shape index (κ2) is 7.41. The van der Waals surface area contributed by atoms with Crippen LogP contribution in [0.4, 0.5) is 0 Å². The lowest BCUT2D eigenvalue weighted by atomic mass is 9.63. The van der Waals surface area contributed by atoms with Crippen LogP contribution >= 0.6 is 0 Å². The molecule has 27 heavy (non-hydrogen) atoms. The molecule has 1 amide bonds. The van der Waals surface area contributed by atoms with Crippen LogP contribution in [-0.4, -0.2) is 31.1 Å². The zero-order chi connectivity index (χ0) is 18.9. The number of primary amides is 1. The minimum Gasteiger partial charge on any atom is -0.373 e. The van der Waals surface area contributed by atoms with Gasteiger partial charge in [0.25, 0.3) is 5.91 Å². The van der Waals surface area contributed by atoms with Crippen LogP contribution in [0.15, 0.2) is 42.6 Å². The van der Waals surface area contributed by atoms with Gasteiger partial charge in [0.1, 0.15) is 11.3 Å². The van der Waals surface area contributed by atoms with E-state index in [0.29, 0.717) is 17.5 Å². The zero-order valence-electron chi connectivity index (χ0n) is 15.8. The van der Waals surface area contributed by atoms with Gasteiger partial charge in [0.05, 0.1) is 0 Å². The molecule has 1 saturated carbocycles. The molecule has 3 atom stereocenters. The fraction of sp³-hybridized carbons (Fsp3) is 0.455. The number of hydrogen-bond donors (Lipinski definition) is 2. The monoisotopic (exact) mass is 365 g/mol. The van der Waals surface area contributed by atoms with Crippen LogP contribution in [0, 0.1) is 11.8 Å². The number of fused-ring (bicyclic) bond motifs is 4. The van der Waals surface area contributed by atoms with E-state index in [1.54, 1.807) is 13.3 Å². The Kier molecular flexibility index (Phi) is 4.98. The number of pyridine rings is 1. The number of hydrogen-bond acceptors (Lipinski definition) is 4. The molecule has 1 unspecified atom stereocenters. The first kappa shape index (κ1) is 18.1. The Morgan fingerprint density at radius 3 is 2.33 bits per heavy atom. The number of carbonyl (C=O) groups is 1. The zero-order valence-corrected chi connectivity index (χ0v) is 15.8. The van der Waals surface area contributed by atoms with E-state index < -0.39 is 5.91 Å². The van der Waals surface area contributed by atoms with Gasteiger partial charge in [0, 0.05) is 38.2 Å². The molecule has 4 aliphatic rings. The van der Waals surface area contributed by atoms with Crippen LogP contribution in [0.25, 0.3) is 0 Å². The Labute approximate surface area is 160 Å². The van der Waals surface area contributed by atoms with E-state index in [2.05, 4.69) is 34.6 Å². The van der Waals surface area contributed by atoms with Crippen molar-refractivity contribution >= 4 is 5.91 Å². The third-order valence-electron chi connectivity index (χ3n) is 6.30. The van der Waals surface area contributed by atoms with Crippen molar-refractivity contribution < 1.29 is 9.53 Å². The summed E-state index contributed by atoms with van der Waals surface area (Å²) in [4.78, 5) is 15.4. The van der Waals surface area contributed by atoms with Crippen molar-refractivity contribution in [3.63, 3.8) is 0 Å². The molecule has 1 saturated heterocycles. The summed E-state index contributed by atoms with van der Waals surface area (Å²) in [5.41, 5.74) is 9.37. The summed E-state index contributed by atoms with van der Waals surface area (Å²) in [5, 5.41) is 3.50. The lowest BCUT2D eigenvalue weighted by Gasteiger charge is -2.52. The predicted molar refractivity (Wildman–Crippen MR) is 104 cm³/mol. The number of rotatable bonds is 3. The van der Waals surface area contributed by atoms with Crippen molar-refractivity contribution in [1.82, 2.24) is 10.3 Å². The summed E-state index contributed by atoms with van der Waals surface area (Å²) in [6.07, 6.45) is 6.41. The van der Waals surface area contributed by atoms with Gasteiger partial charge < -0.3 is 15.8 Å². The number of carbonyl (C=O) groups excluding carboxylic acids is 1. The Hall–Kier alpha value is -2.24. The Morgan fingerprint density at radius 1 is 1.19 bits per heavy atom. The minimum absolute atomic E-state index is 0.309. The minimum atomic E-state index is -0.489. The summed E-state index contributed by atoms with van der Waals surface area (Å²) < 4.78 is 6.05. The number of methoxy groups -OCH3 is 1. The van der Waals surface area contributed by atoms with Crippen LogP contribution < -0.4 is 11.1 Å². The highest BCUT2D eigenvalue weighted by Crippen LogP contribution is 2.49. The molecule has 0 spiro atoms. The molecule has 0 radical (unpaired) electrons. The van der Waals surface area contributed by atoms with E-state index >= 15 is 0 Å². The van der Waals surface area contributed by atoms with Gasteiger partial charge in [0.2, 0.25) is 0 Å². The fourth-order valence-electron chi connectivity index (χ4n) is 5.00. The summed E-state index contributed by atoms with van der Waals surface area (Å²) in [6.45, 7) is 1.91. The normalized spacial score (nSPS) is 27.7. The van der Waals surface area contributed by atoms with Gasteiger partial charge in [-0.05, 0) is 48.1 Å². The summed E-state index contributed by atoms with van der Waals surface area (Å²) >= 11 is 0. The van der Waals surface area contributed by atoms with Crippen molar-refractivity contribution in [2.45, 2.75) is 31.3 Å². The molecular weight excluding hydrogens is 338 g/mol. The second-order valence-electron chi connectivity index (χ2n) is 7.77. The maximum absolute atomic E-state index is 11.4. The van der Waals surface area contributed by atoms with E-state index in [-0.39, 0.29) is 5.60 Å². The van der Waals surface area contributed by atoms with Gasteiger partial charge in [-0.25, -0.2) is 0 Å². The SMILES string of the molecule is COC1(c2ccnc(C(N)=O)c2)[C@@H]2CCC[C@H]1CNC2.c1cc2cc(c1)C2. The van der Waals surface area contributed by atoms with Crippen molar-refractivity contribution in [3.8, 4) is 0 Å². The first-order chi connectivity index (χ1) is 13.1. The first-order valence-corrected chi connectivity index (χ1v) is 9.73. The fourth-order valence-corrected chi connectivity index (χ4v) is 5.00. The summed E-state index contributed by atoms with van der Waals surface area (Å²) in [7, 11) is 1.78. The number of piperidine rings is 1. The molecule has 2 heterocycles. The van der Waals surface area contributed by atoms with Gasteiger partial charge in [-0.2, -0.15) is 0 Å². The number of nitrogens with two attached hydrogens (primary N) is 1. The third kappa shape index (κ3) is 3.26. The molecular formula is C22H27N3O2. The van der Waals surface area contributed by atoms with Crippen LogP contribution in [0.5, 0.6) is 0 Å². The van der Waals surface area contributed by atoms with Gasteiger partial charge in [-0.1, -0.05) is 30.7 Å². The average molecular weight is 365 g/mol. The molecule has 1 aromatic heterocycles. The number of nitrogens with zero attached hydrogens (tertiary/aromatic N) is 1. The van der Waals surface area contributed by atoms with Crippen molar-refractivity contribution in [3.05, 3.63) is 65.0 Å². The third-order valence-corrected chi connectivity index (χ3v) is 6.30. The van der Waals surface area contributed by atoms with Crippen molar-refractivity contribution in [2.24, 2.45) is 17.6 Å². The van der Waals surface area contributed by atoms with Crippen molar-refractivity contribution in [1.29, 1.82) is 0 Å². The van der Waals surface area contributed by atoms with Gasteiger partial charge in [0.15, 0.2) is 0 Å². The average Bonchev–Trinajstić information content (AvgIpc) is 2.68. The van der Waals surface area contributed by atoms with E-state index in [1.165, 1.54) is 24.0 Å². The van der Waals surface area contributed by atoms with E-state index in [1.807, 2.05) is 12.1 Å². The molecule has 6 rings (SSSR count). The predicted octanol–water partition coefficient (Wildman–Crippen LogP) is 2.63. The van der Waals surface area contributed by atoms with Crippen molar-refractivity contribution in [2.75, 3.05) is 20.2 Å². The molecule has 2 fully saturated rings. The number of nitrogens with one attached hydrogen (secondary N) is 1. The highest BCUT2D eigenvalue weighted by atomic mass is 16.5. The summed E-state index contributed by atoms with van der Waals surface area (Å²) in [5.74, 6) is 0.378. The van der Waals surface area contributed by atoms with Crippen LogP contribution in [0.2, 0.25) is 0 Å². The van der Waals surface area contributed by atoms with E-state index in [0.717, 1.165) is 31.5 Å². The smallest absolute Gasteiger partial charge is 0.267 e. The Balaban J connectivity index is 0.000000213. The Bertz CT molecular complexity index is 789. The number of benzene rings is 1. The van der Waals surface area contributed by atoms with E-state index in [4.69, 9.17) is 10.5 Å². The highest BCUT2D eigenvalue weighted by Gasteiger charge is 2.51. The maximum Gasteiger partial charge on any atom is 0.267 e. The molecule has 4 bridgehead atoms. The molecule has 1 aromatic carbocycles. The number of amides is 1. The quantitative estimate of drug-likeness (QED) is 0.748. The highest BCUT2D eigenvalue weighted by molar-refractivity contribution is 5.90. The molecule has 142 valence electrons.